The van der Waals surface area contributed by atoms with Gasteiger partial charge in [-0.1, -0.05) is 12.1 Å². The molecule has 0 aliphatic carbocycles. The van der Waals surface area contributed by atoms with Gasteiger partial charge in [0.25, 0.3) is 0 Å². The average molecular weight is 513 g/mol. The van der Waals surface area contributed by atoms with Crippen LogP contribution in [0.4, 0.5) is 11.5 Å². The Hall–Kier alpha value is -3.97. The number of hydrazine groups is 1. The van der Waals surface area contributed by atoms with Crippen molar-refractivity contribution in [3.8, 4) is 11.5 Å². The Balaban J connectivity index is 1.90. The van der Waals surface area contributed by atoms with Crippen molar-refractivity contribution in [3.05, 3.63) is 54.5 Å². The Morgan fingerprint density at radius 1 is 1.08 bits per heavy atom. The number of ether oxygens (including phenoxy) is 4. The lowest BCUT2D eigenvalue weighted by Gasteiger charge is -2.20. The summed E-state index contributed by atoms with van der Waals surface area (Å²) in [5.74, 6) is 7.43. The first kappa shape index (κ1) is 27.6. The summed E-state index contributed by atoms with van der Waals surface area (Å²) in [6.45, 7) is 1.11. The topological polar surface area (TPSA) is 167 Å². The molecule has 0 saturated carbocycles. The van der Waals surface area contributed by atoms with Gasteiger partial charge in [0.2, 0.25) is 0 Å². The maximum atomic E-state index is 11.0. The SMILES string of the molecule is COCCOc1cc2ncnc(Nc3cccc(/C(N)=C/N(N)[C@@H](C=O)CO)c3)c2cc1OCCOC. The van der Waals surface area contributed by atoms with E-state index in [0.717, 1.165) is 5.01 Å². The number of anilines is 2. The largest absolute Gasteiger partial charge is 0.487 e. The molecule has 6 N–H and O–H groups in total. The van der Waals surface area contributed by atoms with Crippen molar-refractivity contribution in [3.63, 3.8) is 0 Å². The van der Waals surface area contributed by atoms with E-state index in [1.54, 1.807) is 32.4 Å². The highest BCUT2D eigenvalue weighted by Crippen LogP contribution is 2.35. The molecule has 12 nitrogen and oxygen atoms in total. The van der Waals surface area contributed by atoms with E-state index in [1.807, 2.05) is 18.2 Å². The van der Waals surface area contributed by atoms with Gasteiger partial charge in [0.15, 0.2) is 11.5 Å². The van der Waals surface area contributed by atoms with Gasteiger partial charge in [0, 0.05) is 43.1 Å². The van der Waals surface area contributed by atoms with Gasteiger partial charge >= 0.3 is 0 Å². The molecule has 3 rings (SSSR count). The van der Waals surface area contributed by atoms with E-state index in [1.165, 1.54) is 12.5 Å². The van der Waals surface area contributed by atoms with E-state index in [4.69, 9.17) is 30.5 Å². The molecular weight excluding hydrogens is 480 g/mol. The highest BCUT2D eigenvalue weighted by atomic mass is 16.5. The van der Waals surface area contributed by atoms with Crippen molar-refractivity contribution in [1.82, 2.24) is 15.0 Å². The summed E-state index contributed by atoms with van der Waals surface area (Å²) in [4.78, 5) is 19.8. The highest BCUT2D eigenvalue weighted by Gasteiger charge is 2.14. The Labute approximate surface area is 214 Å². The standard InChI is InChI=1S/C25H32N6O6/c1-34-6-8-36-23-11-20-22(12-24(23)37-9-7-35-2)28-16-29-25(20)30-18-5-3-4-17(10-18)21(26)13-31(27)19(14-32)15-33/h3-5,10-14,16,19,33H,6-9,15,26-27H2,1-2H3,(H,28,29,30)/b21-13-/t19-/m0/s1. The van der Waals surface area contributed by atoms with Crippen molar-refractivity contribution in [2.24, 2.45) is 11.6 Å². The normalized spacial score (nSPS) is 12.3. The number of aliphatic hydroxyl groups excluding tert-OH is 1. The third-order valence-corrected chi connectivity index (χ3v) is 5.26. The average Bonchev–Trinajstić information content (AvgIpc) is 2.90. The van der Waals surface area contributed by atoms with Crippen LogP contribution >= 0.6 is 0 Å². The molecule has 37 heavy (non-hydrogen) atoms. The lowest BCUT2D eigenvalue weighted by Crippen LogP contribution is -2.40. The first-order chi connectivity index (χ1) is 18.0. The number of nitrogens with zero attached hydrogens (tertiary/aromatic N) is 3. The quantitative estimate of drug-likeness (QED) is 0.100. The summed E-state index contributed by atoms with van der Waals surface area (Å²) in [6, 6.07) is 9.98. The van der Waals surface area contributed by atoms with Crippen LogP contribution in [0.15, 0.2) is 48.9 Å². The van der Waals surface area contributed by atoms with E-state index in [0.29, 0.717) is 77.9 Å². The maximum Gasteiger partial charge on any atom is 0.163 e. The Kier molecular flexibility index (Phi) is 10.4. The molecule has 0 radical (unpaired) electrons. The molecule has 0 aliphatic heterocycles. The maximum absolute atomic E-state index is 11.0. The summed E-state index contributed by atoms with van der Waals surface area (Å²) in [7, 11) is 3.20. The fourth-order valence-corrected chi connectivity index (χ4v) is 3.31. The fourth-order valence-electron chi connectivity index (χ4n) is 3.31. The van der Waals surface area contributed by atoms with Crippen molar-refractivity contribution in [2.45, 2.75) is 6.04 Å². The molecule has 198 valence electrons. The summed E-state index contributed by atoms with van der Waals surface area (Å²) in [5, 5.41) is 14.3. The number of aromatic nitrogens is 2. The first-order valence-corrected chi connectivity index (χ1v) is 11.5. The molecular formula is C25H32N6O6. The molecule has 12 heteroatoms. The van der Waals surface area contributed by atoms with Crippen molar-refractivity contribution >= 4 is 34.4 Å². The second-order valence-electron chi connectivity index (χ2n) is 7.84. The number of aldehydes is 1. The van der Waals surface area contributed by atoms with Crippen LogP contribution in [0.25, 0.3) is 16.6 Å². The van der Waals surface area contributed by atoms with Crippen LogP contribution < -0.4 is 26.4 Å². The Bertz CT molecular complexity index is 1210. The number of hydrogen-bond donors (Lipinski definition) is 4. The number of hydrogen-bond acceptors (Lipinski definition) is 12. The second-order valence-corrected chi connectivity index (χ2v) is 7.84. The van der Waals surface area contributed by atoms with Crippen LogP contribution in [0.2, 0.25) is 0 Å². The number of nitrogens with two attached hydrogens (primary N) is 2. The number of aliphatic hydroxyl groups is 1. The third kappa shape index (κ3) is 7.51. The van der Waals surface area contributed by atoms with Crippen LogP contribution in [0.5, 0.6) is 11.5 Å². The fraction of sp³-hybridized carbons (Fsp3) is 0.320. The summed E-state index contributed by atoms with van der Waals surface area (Å²) >= 11 is 0. The van der Waals surface area contributed by atoms with Crippen LogP contribution in [0.3, 0.4) is 0 Å². The second kappa shape index (κ2) is 13.9. The van der Waals surface area contributed by atoms with E-state index in [9.17, 15) is 9.90 Å². The number of nitrogens with one attached hydrogen (secondary N) is 1. The van der Waals surface area contributed by atoms with Gasteiger partial charge in [-0.05, 0) is 18.2 Å². The number of benzene rings is 2. The van der Waals surface area contributed by atoms with E-state index >= 15 is 0 Å². The number of carbonyl (C=O) groups excluding carboxylic acids is 1. The monoisotopic (exact) mass is 512 g/mol. The van der Waals surface area contributed by atoms with Crippen LogP contribution in [-0.2, 0) is 14.3 Å². The molecule has 0 saturated heterocycles. The molecule has 0 bridgehead atoms. The van der Waals surface area contributed by atoms with Gasteiger partial charge < -0.3 is 44.9 Å². The van der Waals surface area contributed by atoms with Crippen molar-refractivity contribution in [1.29, 1.82) is 0 Å². The predicted octanol–water partition coefficient (Wildman–Crippen LogP) is 1.42. The molecule has 3 aromatic rings. The van der Waals surface area contributed by atoms with Crippen LogP contribution in [-0.4, -0.2) is 79.7 Å². The van der Waals surface area contributed by atoms with Crippen LogP contribution in [0, 0.1) is 0 Å². The Morgan fingerprint density at radius 2 is 1.78 bits per heavy atom. The molecule has 1 aromatic heterocycles. The number of rotatable bonds is 15. The predicted molar refractivity (Wildman–Crippen MR) is 139 cm³/mol. The zero-order valence-electron chi connectivity index (χ0n) is 20.8. The molecule has 0 amide bonds. The number of fused-ring (bicyclic) bond motifs is 1. The first-order valence-electron chi connectivity index (χ1n) is 11.5. The molecule has 1 heterocycles. The Morgan fingerprint density at radius 3 is 2.43 bits per heavy atom. The smallest absolute Gasteiger partial charge is 0.163 e. The lowest BCUT2D eigenvalue weighted by atomic mass is 10.1. The van der Waals surface area contributed by atoms with Gasteiger partial charge in [-0.3, -0.25) is 0 Å². The molecule has 2 aromatic carbocycles. The molecule has 1 atom stereocenters. The molecule has 0 fully saturated rings. The minimum Gasteiger partial charge on any atom is -0.487 e. The van der Waals surface area contributed by atoms with Gasteiger partial charge in [0.05, 0.1) is 31.0 Å². The van der Waals surface area contributed by atoms with Crippen LogP contribution in [0.1, 0.15) is 5.56 Å². The minimum atomic E-state index is -0.893. The minimum absolute atomic E-state index is 0.311. The third-order valence-electron chi connectivity index (χ3n) is 5.26. The molecule has 0 spiro atoms. The highest BCUT2D eigenvalue weighted by molar-refractivity contribution is 5.93. The van der Waals surface area contributed by atoms with E-state index in [2.05, 4.69) is 15.3 Å². The van der Waals surface area contributed by atoms with E-state index < -0.39 is 12.6 Å². The zero-order valence-corrected chi connectivity index (χ0v) is 20.8. The van der Waals surface area contributed by atoms with Gasteiger partial charge in [0.1, 0.15) is 37.7 Å². The molecule has 0 unspecified atom stereocenters. The van der Waals surface area contributed by atoms with Gasteiger partial charge in [-0.25, -0.2) is 15.8 Å². The van der Waals surface area contributed by atoms with Crippen molar-refractivity contribution in [2.75, 3.05) is 52.6 Å². The van der Waals surface area contributed by atoms with Gasteiger partial charge in [-0.15, -0.1) is 0 Å². The van der Waals surface area contributed by atoms with E-state index in [-0.39, 0.29) is 0 Å². The zero-order chi connectivity index (χ0) is 26.6. The lowest BCUT2D eigenvalue weighted by molar-refractivity contribution is -0.112. The number of methoxy groups -OCH3 is 2. The van der Waals surface area contributed by atoms with Crippen molar-refractivity contribution < 1.29 is 28.8 Å². The van der Waals surface area contributed by atoms with Gasteiger partial charge in [-0.2, -0.15) is 0 Å². The summed E-state index contributed by atoms with van der Waals surface area (Å²) in [6.07, 6.45) is 3.39. The molecule has 0 aliphatic rings. The summed E-state index contributed by atoms with van der Waals surface area (Å²) in [5.41, 5.74) is 8.50. The number of carbonyl (C=O) groups is 1. The summed E-state index contributed by atoms with van der Waals surface area (Å²) < 4.78 is 21.9.